The van der Waals surface area contributed by atoms with Gasteiger partial charge in [0.05, 0.1) is 12.0 Å². The lowest BCUT2D eigenvalue weighted by Gasteiger charge is -2.34. The molecule has 160 valence electrons. The molecule has 1 fully saturated rings. The monoisotopic (exact) mass is 433 g/mol. The van der Waals surface area contributed by atoms with E-state index >= 15 is 0 Å². The van der Waals surface area contributed by atoms with Crippen molar-refractivity contribution in [2.75, 3.05) is 39.9 Å². The van der Waals surface area contributed by atoms with Crippen molar-refractivity contribution < 1.29 is 27.5 Å². The Hall–Kier alpha value is -3.11. The molecule has 1 saturated heterocycles. The summed E-state index contributed by atoms with van der Waals surface area (Å²) in [5, 5.41) is 0. The number of nitrogens with two attached hydrogens (primary N) is 1. The number of primary amides is 1. The van der Waals surface area contributed by atoms with Crippen molar-refractivity contribution in [1.82, 2.24) is 9.21 Å². The molecule has 0 spiro atoms. The number of amides is 2. The number of hydrogen-bond acceptors (Lipinski definition) is 6. The number of carbonyl (C=O) groups excluding carboxylic acids is 2. The highest BCUT2D eigenvalue weighted by atomic mass is 32.2. The minimum atomic E-state index is -3.65. The summed E-state index contributed by atoms with van der Waals surface area (Å²) < 4.78 is 37.3. The number of rotatable bonds is 7. The van der Waals surface area contributed by atoms with Gasteiger partial charge in [-0.2, -0.15) is 4.31 Å². The number of methoxy groups -OCH3 is 1. The molecular formula is C20H23N3O6S. The van der Waals surface area contributed by atoms with E-state index in [1.165, 1.54) is 29.6 Å². The fourth-order valence-corrected chi connectivity index (χ4v) is 4.51. The van der Waals surface area contributed by atoms with E-state index in [4.69, 9.17) is 15.2 Å². The van der Waals surface area contributed by atoms with E-state index in [0.717, 1.165) is 0 Å². The number of benzene rings is 2. The maximum atomic E-state index is 12.8. The van der Waals surface area contributed by atoms with Gasteiger partial charge in [0.25, 0.3) is 11.8 Å². The maximum Gasteiger partial charge on any atom is 0.255 e. The van der Waals surface area contributed by atoms with Crippen molar-refractivity contribution in [2.24, 2.45) is 5.73 Å². The smallest absolute Gasteiger partial charge is 0.255 e. The molecule has 0 aliphatic carbocycles. The third kappa shape index (κ3) is 4.89. The van der Waals surface area contributed by atoms with Crippen LogP contribution in [0.15, 0.2) is 53.4 Å². The van der Waals surface area contributed by atoms with Gasteiger partial charge in [0.2, 0.25) is 10.0 Å². The summed E-state index contributed by atoms with van der Waals surface area (Å²) in [5.74, 6) is 0.0914. The molecule has 0 aromatic heterocycles. The molecule has 1 aliphatic rings. The molecule has 2 aromatic rings. The molecule has 10 heteroatoms. The molecule has 0 saturated carbocycles. The van der Waals surface area contributed by atoms with E-state index in [0.29, 0.717) is 17.1 Å². The van der Waals surface area contributed by atoms with Crippen LogP contribution in [0.5, 0.6) is 11.5 Å². The van der Waals surface area contributed by atoms with Gasteiger partial charge in [-0.15, -0.1) is 0 Å². The Morgan fingerprint density at radius 3 is 2.27 bits per heavy atom. The highest BCUT2D eigenvalue weighted by Gasteiger charge is 2.30. The predicted octanol–water partition coefficient (Wildman–Crippen LogP) is 0.706. The minimum Gasteiger partial charge on any atom is -0.497 e. The van der Waals surface area contributed by atoms with Gasteiger partial charge in [0.1, 0.15) is 11.5 Å². The molecule has 9 nitrogen and oxygen atoms in total. The predicted molar refractivity (Wildman–Crippen MR) is 109 cm³/mol. The van der Waals surface area contributed by atoms with Crippen LogP contribution < -0.4 is 15.2 Å². The van der Waals surface area contributed by atoms with Crippen LogP contribution in [0.1, 0.15) is 10.4 Å². The fraction of sp³-hybridized carbons (Fsp3) is 0.300. The van der Waals surface area contributed by atoms with E-state index in [-0.39, 0.29) is 43.6 Å². The Labute approximate surface area is 175 Å². The largest absolute Gasteiger partial charge is 0.497 e. The van der Waals surface area contributed by atoms with E-state index in [1.54, 1.807) is 35.2 Å². The summed E-state index contributed by atoms with van der Waals surface area (Å²) in [7, 11) is -2.13. The molecule has 3 rings (SSSR count). The molecule has 1 heterocycles. The lowest BCUT2D eigenvalue weighted by molar-refractivity contribution is -0.119. The minimum absolute atomic E-state index is 0.183. The standard InChI is InChI=1S/C20H23N3O6S/c1-28-16-5-7-18(8-6-16)30(26,27)23-11-9-22(10-12-23)20(25)15-3-2-4-17(13-15)29-14-19(21)24/h2-8,13H,9-12,14H2,1H3,(H2,21,24). The normalized spacial score (nSPS) is 14.9. The van der Waals surface area contributed by atoms with Crippen LogP contribution in [0.4, 0.5) is 0 Å². The zero-order valence-electron chi connectivity index (χ0n) is 16.5. The first-order valence-corrected chi connectivity index (χ1v) is 10.7. The lowest BCUT2D eigenvalue weighted by atomic mass is 10.1. The summed E-state index contributed by atoms with van der Waals surface area (Å²) in [6.07, 6.45) is 0. The van der Waals surface area contributed by atoms with Crippen LogP contribution in [-0.4, -0.2) is 69.3 Å². The number of sulfonamides is 1. The van der Waals surface area contributed by atoms with Crippen molar-refractivity contribution in [3.05, 3.63) is 54.1 Å². The molecule has 0 bridgehead atoms. The third-order valence-electron chi connectivity index (χ3n) is 4.69. The van der Waals surface area contributed by atoms with Crippen LogP contribution in [-0.2, 0) is 14.8 Å². The second kappa shape index (κ2) is 9.14. The first-order chi connectivity index (χ1) is 14.3. The van der Waals surface area contributed by atoms with Crippen molar-refractivity contribution in [3.63, 3.8) is 0 Å². The average molecular weight is 433 g/mol. The summed E-state index contributed by atoms with van der Waals surface area (Å²) >= 11 is 0. The molecule has 1 aliphatic heterocycles. The SMILES string of the molecule is COc1ccc(S(=O)(=O)N2CCN(C(=O)c3cccc(OCC(N)=O)c3)CC2)cc1. The fourth-order valence-electron chi connectivity index (χ4n) is 3.08. The van der Waals surface area contributed by atoms with E-state index < -0.39 is 15.9 Å². The molecule has 30 heavy (non-hydrogen) atoms. The number of piperazine rings is 1. The van der Waals surface area contributed by atoms with Crippen molar-refractivity contribution in [1.29, 1.82) is 0 Å². The second-order valence-electron chi connectivity index (χ2n) is 6.65. The van der Waals surface area contributed by atoms with E-state index in [1.807, 2.05) is 0 Å². The number of ether oxygens (including phenoxy) is 2. The third-order valence-corrected chi connectivity index (χ3v) is 6.60. The number of hydrogen-bond donors (Lipinski definition) is 1. The highest BCUT2D eigenvalue weighted by Crippen LogP contribution is 2.22. The average Bonchev–Trinajstić information content (AvgIpc) is 2.77. The zero-order chi connectivity index (χ0) is 21.7. The number of nitrogens with zero attached hydrogens (tertiary/aromatic N) is 2. The van der Waals surface area contributed by atoms with Crippen LogP contribution in [0.2, 0.25) is 0 Å². The van der Waals surface area contributed by atoms with Gasteiger partial charge >= 0.3 is 0 Å². The molecule has 2 aromatic carbocycles. The van der Waals surface area contributed by atoms with Gasteiger partial charge in [-0.3, -0.25) is 9.59 Å². The van der Waals surface area contributed by atoms with E-state index in [2.05, 4.69) is 0 Å². The maximum absolute atomic E-state index is 12.8. The first-order valence-electron chi connectivity index (χ1n) is 9.26. The zero-order valence-corrected chi connectivity index (χ0v) is 17.3. The molecule has 0 radical (unpaired) electrons. The van der Waals surface area contributed by atoms with Crippen molar-refractivity contribution in [3.8, 4) is 11.5 Å². The van der Waals surface area contributed by atoms with Crippen LogP contribution in [0, 0.1) is 0 Å². The lowest BCUT2D eigenvalue weighted by Crippen LogP contribution is -2.50. The molecule has 0 unspecified atom stereocenters. The van der Waals surface area contributed by atoms with Crippen LogP contribution >= 0.6 is 0 Å². The summed E-state index contributed by atoms with van der Waals surface area (Å²) in [6.45, 7) is 0.636. The molecule has 2 N–H and O–H groups in total. The number of carbonyl (C=O) groups is 2. The molecule has 2 amide bonds. The Morgan fingerprint density at radius 2 is 1.67 bits per heavy atom. The summed E-state index contributed by atoms with van der Waals surface area (Å²) in [4.78, 5) is 25.4. The van der Waals surface area contributed by atoms with Crippen molar-refractivity contribution >= 4 is 21.8 Å². The van der Waals surface area contributed by atoms with Crippen molar-refractivity contribution in [2.45, 2.75) is 4.90 Å². The topological polar surface area (TPSA) is 119 Å². The Bertz CT molecular complexity index is 1020. The van der Waals surface area contributed by atoms with Crippen LogP contribution in [0.3, 0.4) is 0 Å². The van der Waals surface area contributed by atoms with Gasteiger partial charge in [0.15, 0.2) is 6.61 Å². The van der Waals surface area contributed by atoms with E-state index in [9.17, 15) is 18.0 Å². The Kier molecular flexibility index (Phi) is 6.58. The van der Waals surface area contributed by atoms with Gasteiger partial charge in [-0.05, 0) is 42.5 Å². The summed E-state index contributed by atoms with van der Waals surface area (Å²) in [6, 6.07) is 12.6. The highest BCUT2D eigenvalue weighted by molar-refractivity contribution is 7.89. The first kappa shape index (κ1) is 21.6. The molecular weight excluding hydrogens is 410 g/mol. The quantitative estimate of drug-likeness (QED) is 0.687. The van der Waals surface area contributed by atoms with Gasteiger partial charge in [0, 0.05) is 31.7 Å². The van der Waals surface area contributed by atoms with Gasteiger partial charge in [-0.1, -0.05) is 6.07 Å². The summed E-state index contributed by atoms with van der Waals surface area (Å²) in [5.41, 5.74) is 5.45. The molecule has 0 atom stereocenters. The second-order valence-corrected chi connectivity index (χ2v) is 8.59. The van der Waals surface area contributed by atoms with Gasteiger partial charge in [-0.25, -0.2) is 8.42 Å². The Morgan fingerprint density at radius 1 is 1.00 bits per heavy atom. The Balaban J connectivity index is 1.64. The van der Waals surface area contributed by atoms with Gasteiger partial charge < -0.3 is 20.1 Å². The van der Waals surface area contributed by atoms with Crippen LogP contribution in [0.25, 0.3) is 0 Å².